The zero-order valence-corrected chi connectivity index (χ0v) is 11.2. The molecule has 1 saturated heterocycles. The Kier molecular flexibility index (Phi) is 3.47. The molecule has 1 aliphatic heterocycles. The fraction of sp³-hybridized carbons (Fsp3) is 0.538. The van der Waals surface area contributed by atoms with Crippen LogP contribution >= 0.6 is 22.7 Å². The van der Waals surface area contributed by atoms with E-state index in [4.69, 9.17) is 4.74 Å². The Morgan fingerprint density at radius 2 is 2.41 bits per heavy atom. The maximum Gasteiger partial charge on any atom is 0.0883 e. The number of hydrogen-bond donors (Lipinski definition) is 1. The number of fused-ring (bicyclic) bond motifs is 1. The Bertz CT molecular complexity index is 454. The predicted octanol–water partition coefficient (Wildman–Crippen LogP) is 3.96. The molecule has 0 aliphatic carbocycles. The van der Waals surface area contributed by atoms with Crippen LogP contribution in [0.2, 0.25) is 0 Å². The van der Waals surface area contributed by atoms with Gasteiger partial charge in [-0.1, -0.05) is 0 Å². The van der Waals surface area contributed by atoms with Crippen molar-refractivity contribution in [3.8, 4) is 0 Å². The molecular formula is C13H16O2S2. The van der Waals surface area contributed by atoms with Crippen LogP contribution < -0.4 is 0 Å². The Labute approximate surface area is 109 Å². The molecule has 2 atom stereocenters. The lowest BCUT2D eigenvalue weighted by Crippen LogP contribution is -2.07. The molecule has 2 aromatic rings. The third kappa shape index (κ3) is 2.55. The molecule has 0 radical (unpaired) electrons. The van der Waals surface area contributed by atoms with Crippen molar-refractivity contribution >= 4 is 32.1 Å². The van der Waals surface area contributed by atoms with Gasteiger partial charge in [0.2, 0.25) is 0 Å². The highest BCUT2D eigenvalue weighted by Gasteiger charge is 2.18. The van der Waals surface area contributed by atoms with Crippen molar-refractivity contribution in [3.63, 3.8) is 0 Å². The third-order valence-corrected chi connectivity index (χ3v) is 5.47. The molecule has 2 aromatic heterocycles. The van der Waals surface area contributed by atoms with Gasteiger partial charge in [-0.2, -0.15) is 0 Å². The zero-order valence-electron chi connectivity index (χ0n) is 9.59. The van der Waals surface area contributed by atoms with Gasteiger partial charge in [-0.05, 0) is 43.2 Å². The number of rotatable bonds is 4. The molecule has 1 aliphatic rings. The Morgan fingerprint density at radius 1 is 1.47 bits per heavy atom. The topological polar surface area (TPSA) is 29.5 Å². The molecule has 92 valence electrons. The molecule has 1 N–H and O–H groups in total. The SMILES string of the molecule is OC(CCC1CCCO1)c1cc2sccc2s1. The first-order chi connectivity index (χ1) is 8.33. The lowest BCUT2D eigenvalue weighted by Gasteiger charge is -2.12. The highest BCUT2D eigenvalue weighted by atomic mass is 32.1. The first kappa shape index (κ1) is 11.7. The summed E-state index contributed by atoms with van der Waals surface area (Å²) in [6, 6.07) is 4.26. The van der Waals surface area contributed by atoms with Crippen LogP contribution in [0.5, 0.6) is 0 Å². The minimum absolute atomic E-state index is 0.316. The van der Waals surface area contributed by atoms with E-state index in [1.54, 1.807) is 22.7 Å². The van der Waals surface area contributed by atoms with Crippen LogP contribution in [0.1, 0.15) is 36.7 Å². The van der Waals surface area contributed by atoms with Gasteiger partial charge in [0.1, 0.15) is 0 Å². The van der Waals surface area contributed by atoms with Crippen LogP contribution in [0.3, 0.4) is 0 Å². The van der Waals surface area contributed by atoms with E-state index < -0.39 is 0 Å². The molecule has 2 unspecified atom stereocenters. The Balaban J connectivity index is 1.61. The van der Waals surface area contributed by atoms with E-state index >= 15 is 0 Å². The fourth-order valence-electron chi connectivity index (χ4n) is 2.31. The lowest BCUT2D eigenvalue weighted by molar-refractivity contribution is 0.0821. The molecular weight excluding hydrogens is 252 g/mol. The van der Waals surface area contributed by atoms with Crippen molar-refractivity contribution < 1.29 is 9.84 Å². The standard InChI is InChI=1S/C13H16O2S2/c14-10(4-3-9-2-1-6-15-9)12-8-13-11(17-12)5-7-16-13/h5,7-10,14H,1-4,6H2. The molecule has 0 bridgehead atoms. The van der Waals surface area contributed by atoms with Gasteiger partial charge in [0.25, 0.3) is 0 Å². The van der Waals surface area contributed by atoms with Gasteiger partial charge in [0, 0.05) is 20.9 Å². The lowest BCUT2D eigenvalue weighted by atomic mass is 10.1. The molecule has 3 rings (SSSR count). The van der Waals surface area contributed by atoms with Crippen molar-refractivity contribution in [2.24, 2.45) is 0 Å². The van der Waals surface area contributed by atoms with Crippen LogP contribution in [0.15, 0.2) is 17.5 Å². The van der Waals surface area contributed by atoms with Gasteiger partial charge in [0.05, 0.1) is 12.2 Å². The summed E-state index contributed by atoms with van der Waals surface area (Å²) in [6.07, 6.45) is 4.20. The van der Waals surface area contributed by atoms with Crippen LogP contribution in [-0.4, -0.2) is 17.8 Å². The molecule has 3 heterocycles. The van der Waals surface area contributed by atoms with Gasteiger partial charge >= 0.3 is 0 Å². The smallest absolute Gasteiger partial charge is 0.0883 e. The van der Waals surface area contributed by atoms with Crippen molar-refractivity contribution in [2.75, 3.05) is 6.61 Å². The summed E-state index contributed by atoms with van der Waals surface area (Å²) in [6.45, 7) is 0.898. The molecule has 0 spiro atoms. The average Bonchev–Trinajstić information content (AvgIpc) is 3.01. The van der Waals surface area contributed by atoms with Crippen molar-refractivity contribution in [3.05, 3.63) is 22.4 Å². The van der Waals surface area contributed by atoms with Crippen molar-refractivity contribution in [2.45, 2.75) is 37.9 Å². The first-order valence-corrected chi connectivity index (χ1v) is 7.79. The molecule has 0 saturated carbocycles. The van der Waals surface area contributed by atoms with Crippen LogP contribution in [0.4, 0.5) is 0 Å². The Hall–Kier alpha value is -0.420. The molecule has 4 heteroatoms. The first-order valence-electron chi connectivity index (χ1n) is 6.09. The summed E-state index contributed by atoms with van der Waals surface area (Å²) in [4.78, 5) is 1.10. The number of aliphatic hydroxyl groups excluding tert-OH is 1. The van der Waals surface area contributed by atoms with Crippen molar-refractivity contribution in [1.82, 2.24) is 0 Å². The second kappa shape index (κ2) is 5.06. The monoisotopic (exact) mass is 268 g/mol. The van der Waals surface area contributed by atoms with E-state index in [0.29, 0.717) is 6.10 Å². The maximum absolute atomic E-state index is 10.2. The summed E-state index contributed by atoms with van der Waals surface area (Å²) in [5, 5.41) is 12.3. The largest absolute Gasteiger partial charge is 0.388 e. The molecule has 17 heavy (non-hydrogen) atoms. The summed E-state index contributed by atoms with van der Waals surface area (Å²) < 4.78 is 8.16. The van der Waals surface area contributed by atoms with Gasteiger partial charge in [-0.3, -0.25) is 0 Å². The van der Waals surface area contributed by atoms with E-state index in [9.17, 15) is 5.11 Å². The van der Waals surface area contributed by atoms with E-state index in [1.165, 1.54) is 15.8 Å². The summed E-state index contributed by atoms with van der Waals surface area (Å²) in [7, 11) is 0. The van der Waals surface area contributed by atoms with E-state index in [0.717, 1.165) is 30.7 Å². The van der Waals surface area contributed by atoms with Gasteiger partial charge < -0.3 is 9.84 Å². The van der Waals surface area contributed by atoms with Crippen LogP contribution in [-0.2, 0) is 4.74 Å². The molecule has 1 fully saturated rings. The van der Waals surface area contributed by atoms with Crippen LogP contribution in [0.25, 0.3) is 9.40 Å². The zero-order chi connectivity index (χ0) is 11.7. The summed E-state index contributed by atoms with van der Waals surface area (Å²) >= 11 is 3.46. The number of ether oxygens (including phenoxy) is 1. The third-order valence-electron chi connectivity index (χ3n) is 3.27. The average molecular weight is 268 g/mol. The van der Waals surface area contributed by atoms with Gasteiger partial charge in [0.15, 0.2) is 0 Å². The van der Waals surface area contributed by atoms with Crippen LogP contribution in [0, 0.1) is 0 Å². The highest BCUT2D eigenvalue weighted by Crippen LogP contribution is 2.35. The second-order valence-electron chi connectivity index (χ2n) is 4.53. The summed E-state index contributed by atoms with van der Waals surface area (Å²) in [5.74, 6) is 0. The molecule has 0 amide bonds. The second-order valence-corrected chi connectivity index (χ2v) is 6.59. The van der Waals surface area contributed by atoms with Gasteiger partial charge in [-0.15, -0.1) is 22.7 Å². The number of aliphatic hydroxyl groups is 1. The quantitative estimate of drug-likeness (QED) is 0.909. The number of thiophene rings is 2. The van der Waals surface area contributed by atoms with E-state index in [-0.39, 0.29) is 6.10 Å². The minimum atomic E-state index is -0.316. The number of hydrogen-bond acceptors (Lipinski definition) is 4. The normalized spacial score (nSPS) is 22.3. The fourth-order valence-corrected chi connectivity index (χ4v) is 4.45. The summed E-state index contributed by atoms with van der Waals surface area (Å²) in [5.41, 5.74) is 0. The minimum Gasteiger partial charge on any atom is -0.388 e. The van der Waals surface area contributed by atoms with Gasteiger partial charge in [-0.25, -0.2) is 0 Å². The Morgan fingerprint density at radius 3 is 3.18 bits per heavy atom. The van der Waals surface area contributed by atoms with Crippen molar-refractivity contribution in [1.29, 1.82) is 0 Å². The van der Waals surface area contributed by atoms with E-state index in [2.05, 4.69) is 17.5 Å². The van der Waals surface area contributed by atoms with E-state index in [1.807, 2.05) is 0 Å². The molecule has 0 aromatic carbocycles. The highest BCUT2D eigenvalue weighted by molar-refractivity contribution is 7.26. The maximum atomic E-state index is 10.2. The predicted molar refractivity (Wildman–Crippen MR) is 72.9 cm³/mol. The molecule has 2 nitrogen and oxygen atoms in total.